The Morgan fingerprint density at radius 3 is 2.00 bits per heavy atom. The highest BCUT2D eigenvalue weighted by Gasteiger charge is 2.41. The molecule has 1 heterocycles. The molecule has 6 heteroatoms. The lowest BCUT2D eigenvalue weighted by Crippen LogP contribution is -2.61. The number of rotatable bonds is 0. The van der Waals surface area contributed by atoms with Crippen LogP contribution in [-0.4, -0.2) is 16.8 Å². The Morgan fingerprint density at radius 1 is 1.45 bits per heavy atom. The van der Waals surface area contributed by atoms with Gasteiger partial charge in [0.05, 0.1) is 11.4 Å². The van der Waals surface area contributed by atoms with Crippen molar-refractivity contribution >= 4 is 0 Å². The van der Waals surface area contributed by atoms with E-state index in [1.54, 1.807) is 6.92 Å². The second kappa shape index (κ2) is 2.08. The Bertz CT molecular complexity index is 207. The lowest BCUT2D eigenvalue weighted by Gasteiger charge is -2.30. The number of hydrogen-bond acceptors (Lipinski definition) is 6. The van der Waals surface area contributed by atoms with Gasteiger partial charge in [-0.15, -0.1) is 0 Å². The van der Waals surface area contributed by atoms with E-state index < -0.39 is 11.8 Å². The molecule has 0 aromatic rings. The molecule has 1 aliphatic rings. The zero-order chi connectivity index (χ0) is 8.81. The molecule has 0 aromatic heterocycles. The molecule has 11 heavy (non-hydrogen) atoms. The van der Waals surface area contributed by atoms with Crippen LogP contribution in [0, 0.1) is 0 Å². The van der Waals surface area contributed by atoms with Gasteiger partial charge in [-0.25, -0.2) is 0 Å². The van der Waals surface area contributed by atoms with Gasteiger partial charge in [0.15, 0.2) is 0 Å². The third kappa shape index (κ3) is 0.881. The van der Waals surface area contributed by atoms with Crippen LogP contribution in [-0.2, 0) is 0 Å². The van der Waals surface area contributed by atoms with Gasteiger partial charge in [0, 0.05) is 0 Å². The number of hydrogen-bond donors (Lipinski definition) is 5. The molecular weight excluding hydrogens is 144 g/mol. The van der Waals surface area contributed by atoms with Crippen LogP contribution in [0.3, 0.4) is 0 Å². The third-order valence-corrected chi connectivity index (χ3v) is 2.01. The summed E-state index contributed by atoms with van der Waals surface area (Å²) in [4.78, 5) is 0. The molecule has 2 atom stereocenters. The van der Waals surface area contributed by atoms with Crippen molar-refractivity contribution in [1.82, 2.24) is 5.01 Å². The molecular formula is C5H14N6. The van der Waals surface area contributed by atoms with Gasteiger partial charge in [-0.3, -0.25) is 5.84 Å². The van der Waals surface area contributed by atoms with Gasteiger partial charge in [-0.2, -0.15) is 5.01 Å². The van der Waals surface area contributed by atoms with Crippen LogP contribution in [0.5, 0.6) is 0 Å². The predicted molar refractivity (Wildman–Crippen MR) is 42.0 cm³/mol. The van der Waals surface area contributed by atoms with Crippen LogP contribution >= 0.6 is 0 Å². The SMILES string of the molecule is CC1(N)C(N)=C(N)C(N)N1N. The van der Waals surface area contributed by atoms with E-state index >= 15 is 0 Å². The van der Waals surface area contributed by atoms with Gasteiger partial charge >= 0.3 is 0 Å². The molecule has 0 amide bonds. The van der Waals surface area contributed by atoms with Crippen molar-refractivity contribution < 1.29 is 0 Å². The van der Waals surface area contributed by atoms with E-state index in [4.69, 9.17) is 28.8 Å². The van der Waals surface area contributed by atoms with E-state index in [0.29, 0.717) is 11.4 Å². The Morgan fingerprint density at radius 2 is 1.91 bits per heavy atom. The minimum absolute atomic E-state index is 0.340. The van der Waals surface area contributed by atoms with Crippen LogP contribution in [0.1, 0.15) is 6.92 Å². The third-order valence-electron chi connectivity index (χ3n) is 2.01. The average Bonchev–Trinajstić information content (AvgIpc) is 2.06. The Kier molecular flexibility index (Phi) is 1.57. The lowest BCUT2D eigenvalue weighted by atomic mass is 10.2. The Hall–Kier alpha value is -0.820. The molecule has 10 N–H and O–H groups in total. The fourth-order valence-electron chi connectivity index (χ4n) is 1.03. The lowest BCUT2D eigenvalue weighted by molar-refractivity contribution is 0.132. The summed E-state index contributed by atoms with van der Waals surface area (Å²) in [6, 6.07) is 0. The summed E-state index contributed by atoms with van der Waals surface area (Å²) in [5.74, 6) is 5.52. The van der Waals surface area contributed by atoms with Gasteiger partial charge in [0.1, 0.15) is 11.8 Å². The fraction of sp³-hybridized carbons (Fsp3) is 0.600. The maximum Gasteiger partial charge on any atom is 0.123 e. The van der Waals surface area contributed by atoms with Gasteiger partial charge in [0.25, 0.3) is 0 Å². The van der Waals surface area contributed by atoms with E-state index in [-0.39, 0.29) is 0 Å². The molecule has 6 nitrogen and oxygen atoms in total. The largest absolute Gasteiger partial charge is 0.398 e. The van der Waals surface area contributed by atoms with E-state index in [2.05, 4.69) is 0 Å². The van der Waals surface area contributed by atoms with Crippen molar-refractivity contribution in [2.75, 3.05) is 0 Å². The smallest absolute Gasteiger partial charge is 0.123 e. The molecule has 2 unspecified atom stereocenters. The summed E-state index contributed by atoms with van der Waals surface area (Å²) in [6.45, 7) is 1.65. The maximum absolute atomic E-state index is 5.70. The summed E-state index contributed by atoms with van der Waals surface area (Å²) in [6.07, 6.45) is -0.579. The van der Waals surface area contributed by atoms with Gasteiger partial charge in [0.2, 0.25) is 0 Å². The van der Waals surface area contributed by atoms with E-state index in [9.17, 15) is 0 Å². The maximum atomic E-state index is 5.70. The zero-order valence-corrected chi connectivity index (χ0v) is 6.41. The summed E-state index contributed by atoms with van der Waals surface area (Å²) in [5, 5.41) is 1.23. The van der Waals surface area contributed by atoms with Crippen molar-refractivity contribution in [3.8, 4) is 0 Å². The van der Waals surface area contributed by atoms with Crippen LogP contribution < -0.4 is 28.8 Å². The minimum Gasteiger partial charge on any atom is -0.398 e. The van der Waals surface area contributed by atoms with Crippen molar-refractivity contribution in [2.45, 2.75) is 18.8 Å². The highest BCUT2D eigenvalue weighted by atomic mass is 15.5. The zero-order valence-electron chi connectivity index (χ0n) is 6.41. The molecule has 1 aliphatic heterocycles. The van der Waals surface area contributed by atoms with Crippen molar-refractivity contribution in [1.29, 1.82) is 0 Å². The standard InChI is InChI=1S/C5H14N6/c1-5(9)3(7)2(6)4(8)11(5)10/h4H,6-10H2,1H3. The molecule has 0 spiro atoms. The number of nitrogens with zero attached hydrogens (tertiary/aromatic N) is 1. The first-order chi connectivity index (χ1) is 4.89. The summed E-state index contributed by atoms with van der Waals surface area (Å²) in [5.41, 5.74) is 22.1. The Balaban J connectivity index is 3.06. The average molecular weight is 158 g/mol. The monoisotopic (exact) mass is 158 g/mol. The fourth-order valence-corrected chi connectivity index (χ4v) is 1.03. The highest BCUT2D eigenvalue weighted by Crippen LogP contribution is 2.23. The normalized spacial score (nSPS) is 40.2. The predicted octanol–water partition coefficient (Wildman–Crippen LogP) is -2.74. The summed E-state index contributed by atoms with van der Waals surface area (Å²) in [7, 11) is 0. The van der Waals surface area contributed by atoms with Crippen LogP contribution in [0.15, 0.2) is 11.4 Å². The number of nitrogens with two attached hydrogens (primary N) is 5. The molecule has 0 saturated heterocycles. The van der Waals surface area contributed by atoms with Crippen molar-refractivity contribution in [2.24, 2.45) is 28.8 Å². The topological polar surface area (TPSA) is 133 Å². The number of hydrazine groups is 1. The molecule has 0 saturated carbocycles. The quantitative estimate of drug-likeness (QED) is 0.243. The first-order valence-corrected chi connectivity index (χ1v) is 3.23. The Labute approximate surface area is 64.9 Å². The van der Waals surface area contributed by atoms with Gasteiger partial charge < -0.3 is 22.9 Å². The van der Waals surface area contributed by atoms with Gasteiger partial charge in [-0.1, -0.05) is 0 Å². The van der Waals surface area contributed by atoms with Crippen LogP contribution in [0.25, 0.3) is 0 Å². The second-order valence-electron chi connectivity index (χ2n) is 2.87. The molecule has 0 aromatic carbocycles. The van der Waals surface area contributed by atoms with E-state index in [1.807, 2.05) is 0 Å². The van der Waals surface area contributed by atoms with Crippen LogP contribution in [0.4, 0.5) is 0 Å². The molecule has 0 fully saturated rings. The van der Waals surface area contributed by atoms with Crippen LogP contribution in [0.2, 0.25) is 0 Å². The van der Waals surface area contributed by atoms with Crippen molar-refractivity contribution in [3.63, 3.8) is 0 Å². The second-order valence-corrected chi connectivity index (χ2v) is 2.87. The first-order valence-electron chi connectivity index (χ1n) is 3.23. The summed E-state index contributed by atoms with van der Waals surface area (Å²) >= 11 is 0. The highest BCUT2D eigenvalue weighted by molar-refractivity contribution is 5.28. The van der Waals surface area contributed by atoms with E-state index in [0.717, 1.165) is 0 Å². The molecule has 64 valence electrons. The molecule has 1 rings (SSSR count). The van der Waals surface area contributed by atoms with E-state index in [1.165, 1.54) is 5.01 Å². The molecule has 0 aliphatic carbocycles. The molecule has 0 radical (unpaired) electrons. The summed E-state index contributed by atoms with van der Waals surface area (Å²) < 4.78 is 0. The molecule has 0 bridgehead atoms. The first kappa shape index (κ1) is 8.28. The van der Waals surface area contributed by atoms with Crippen molar-refractivity contribution in [3.05, 3.63) is 11.4 Å². The van der Waals surface area contributed by atoms with Gasteiger partial charge in [-0.05, 0) is 6.92 Å². The minimum atomic E-state index is -0.927.